The molecule has 4 nitrogen and oxygen atoms in total. The van der Waals surface area contributed by atoms with Crippen LogP contribution in [-0.2, 0) is 8.85 Å². The van der Waals surface area contributed by atoms with E-state index in [1.54, 1.807) is 0 Å². The molecule has 7 heteroatoms. The molecule has 0 saturated heterocycles. The molecule has 0 aromatic rings. The summed E-state index contributed by atoms with van der Waals surface area (Å²) in [6, 6.07) is 1.08. The highest BCUT2D eigenvalue weighted by atomic mass is 28.4. The molecule has 0 heterocycles. The SMILES string of the molecule is CCC(C)O[Si](C)(C)CCCN(C(=O)O[Si](C(C)C)(C(C)C)C(C)C)[Si](C)(C)C. The van der Waals surface area contributed by atoms with E-state index >= 15 is 0 Å². The third-order valence-corrected chi connectivity index (χ3v) is 16.8. The molecule has 0 aromatic carbocycles. The summed E-state index contributed by atoms with van der Waals surface area (Å²) in [6.07, 6.45) is 2.31. The van der Waals surface area contributed by atoms with E-state index in [1.165, 1.54) is 0 Å². The maximum absolute atomic E-state index is 13.5. The summed E-state index contributed by atoms with van der Waals surface area (Å²) in [5.74, 6) is 0. The lowest BCUT2D eigenvalue weighted by Crippen LogP contribution is -2.57. The fourth-order valence-corrected chi connectivity index (χ4v) is 13.6. The minimum Gasteiger partial charge on any atom is -0.503 e. The smallest absolute Gasteiger partial charge is 0.388 e. The third kappa shape index (κ3) is 8.50. The first-order chi connectivity index (χ1) is 13.0. The first-order valence-electron chi connectivity index (χ1n) is 11.7. The molecule has 0 rings (SSSR count). The normalized spacial score (nSPS) is 14.6. The summed E-state index contributed by atoms with van der Waals surface area (Å²) in [5, 5.41) is 0. The van der Waals surface area contributed by atoms with Gasteiger partial charge in [0.05, 0.1) is 0 Å². The Labute approximate surface area is 185 Å². The van der Waals surface area contributed by atoms with E-state index in [4.69, 9.17) is 8.85 Å². The molecule has 0 N–H and O–H groups in total. The molecular weight excluding hydrogens is 411 g/mol. The van der Waals surface area contributed by atoms with E-state index in [2.05, 4.69) is 92.7 Å². The Bertz CT molecular complexity index is 480. The molecule has 0 aliphatic heterocycles. The van der Waals surface area contributed by atoms with E-state index < -0.39 is 24.9 Å². The zero-order chi connectivity index (χ0) is 23.2. The number of carbonyl (C=O) groups excluding carboxylic acids is 1. The largest absolute Gasteiger partial charge is 0.503 e. The lowest BCUT2D eigenvalue weighted by molar-refractivity contribution is 0.168. The van der Waals surface area contributed by atoms with Crippen LogP contribution in [0.25, 0.3) is 0 Å². The Morgan fingerprint density at radius 3 is 1.66 bits per heavy atom. The molecule has 0 fully saturated rings. The van der Waals surface area contributed by atoms with Gasteiger partial charge in [-0.3, -0.25) is 0 Å². The topological polar surface area (TPSA) is 38.8 Å². The van der Waals surface area contributed by atoms with Gasteiger partial charge in [-0.05, 0) is 55.5 Å². The van der Waals surface area contributed by atoms with Gasteiger partial charge in [0.25, 0.3) is 8.32 Å². The van der Waals surface area contributed by atoms with E-state index in [-0.39, 0.29) is 6.09 Å². The molecule has 0 radical (unpaired) electrons. The van der Waals surface area contributed by atoms with Crippen LogP contribution in [0.15, 0.2) is 0 Å². The molecule has 1 unspecified atom stereocenters. The van der Waals surface area contributed by atoms with E-state index in [1.807, 2.05) is 0 Å². The van der Waals surface area contributed by atoms with Gasteiger partial charge in [-0.1, -0.05) is 68.1 Å². The van der Waals surface area contributed by atoms with Gasteiger partial charge in [0.2, 0.25) is 0 Å². The van der Waals surface area contributed by atoms with Crippen LogP contribution in [0.5, 0.6) is 0 Å². The molecule has 1 amide bonds. The standard InChI is InChI=1S/C22H51NO3Si3/c1-14-21(8)25-28(12,13)17-15-16-23(27(9,10)11)22(24)26-29(18(2)3,19(4)5)20(6)7/h18-21H,14-17H2,1-13H3. The number of hydrogen-bond donors (Lipinski definition) is 0. The van der Waals surface area contributed by atoms with Crippen LogP contribution in [0.2, 0.25) is 55.4 Å². The second-order valence-electron chi connectivity index (χ2n) is 11.2. The zero-order valence-corrected chi connectivity index (χ0v) is 24.8. The Morgan fingerprint density at radius 2 is 1.31 bits per heavy atom. The first kappa shape index (κ1) is 28.9. The lowest BCUT2D eigenvalue weighted by atomic mass is 10.3. The van der Waals surface area contributed by atoms with Gasteiger partial charge in [-0.25, -0.2) is 4.79 Å². The average molecular weight is 462 g/mol. The third-order valence-electron chi connectivity index (χ3n) is 6.26. The van der Waals surface area contributed by atoms with Gasteiger partial charge in [-0.2, -0.15) is 0 Å². The molecule has 29 heavy (non-hydrogen) atoms. The highest BCUT2D eigenvalue weighted by Gasteiger charge is 2.49. The van der Waals surface area contributed by atoms with Gasteiger partial charge in [0.15, 0.2) is 16.6 Å². The summed E-state index contributed by atoms with van der Waals surface area (Å²) in [4.78, 5) is 13.5. The second-order valence-corrected chi connectivity index (χ2v) is 25.7. The first-order valence-corrected chi connectivity index (χ1v) is 20.4. The summed E-state index contributed by atoms with van der Waals surface area (Å²) in [5.41, 5.74) is 1.22. The van der Waals surface area contributed by atoms with Crippen molar-refractivity contribution in [2.24, 2.45) is 0 Å². The van der Waals surface area contributed by atoms with Crippen LogP contribution in [-0.4, -0.2) is 48.2 Å². The highest BCUT2D eigenvalue weighted by Crippen LogP contribution is 2.42. The van der Waals surface area contributed by atoms with Crippen molar-refractivity contribution in [1.29, 1.82) is 0 Å². The number of amides is 1. The minimum atomic E-state index is -2.22. The summed E-state index contributed by atoms with van der Waals surface area (Å²) >= 11 is 0. The van der Waals surface area contributed by atoms with E-state index in [9.17, 15) is 4.79 Å². The number of carbonyl (C=O) groups is 1. The maximum atomic E-state index is 13.5. The molecule has 0 aliphatic carbocycles. The van der Waals surface area contributed by atoms with Crippen molar-refractivity contribution in [3.05, 3.63) is 0 Å². The predicted octanol–water partition coefficient (Wildman–Crippen LogP) is 7.85. The van der Waals surface area contributed by atoms with Crippen molar-refractivity contribution in [3.63, 3.8) is 0 Å². The monoisotopic (exact) mass is 461 g/mol. The van der Waals surface area contributed by atoms with Crippen molar-refractivity contribution in [1.82, 2.24) is 4.57 Å². The van der Waals surface area contributed by atoms with Crippen molar-refractivity contribution in [2.75, 3.05) is 6.54 Å². The Hall–Kier alpha value is -0.119. The fourth-order valence-electron chi connectivity index (χ4n) is 4.61. The molecule has 174 valence electrons. The van der Waals surface area contributed by atoms with Crippen LogP contribution < -0.4 is 0 Å². The van der Waals surface area contributed by atoms with Gasteiger partial charge in [-0.15, -0.1) is 0 Å². The number of hydrogen-bond acceptors (Lipinski definition) is 3. The van der Waals surface area contributed by atoms with Crippen LogP contribution in [0.3, 0.4) is 0 Å². The predicted molar refractivity (Wildman–Crippen MR) is 135 cm³/mol. The van der Waals surface area contributed by atoms with E-state index in [0.29, 0.717) is 22.7 Å². The van der Waals surface area contributed by atoms with Crippen molar-refractivity contribution in [2.45, 2.75) is 130 Å². The van der Waals surface area contributed by atoms with Crippen LogP contribution in [0, 0.1) is 0 Å². The lowest BCUT2D eigenvalue weighted by Gasteiger charge is -2.44. The van der Waals surface area contributed by atoms with Gasteiger partial charge in [0.1, 0.15) is 0 Å². The quantitative estimate of drug-likeness (QED) is 0.278. The fraction of sp³-hybridized carbons (Fsp3) is 0.955. The number of nitrogens with zero attached hydrogens (tertiary/aromatic N) is 1. The van der Waals surface area contributed by atoms with E-state index in [0.717, 1.165) is 25.4 Å². The van der Waals surface area contributed by atoms with Crippen LogP contribution in [0.4, 0.5) is 4.79 Å². The molecular formula is C22H51NO3Si3. The van der Waals surface area contributed by atoms with Crippen molar-refractivity contribution in [3.8, 4) is 0 Å². The number of rotatable bonds is 12. The molecule has 0 bridgehead atoms. The maximum Gasteiger partial charge on any atom is 0.388 e. The average Bonchev–Trinajstić information content (AvgIpc) is 2.53. The molecule has 0 aromatic heterocycles. The Morgan fingerprint density at radius 1 is 0.862 bits per heavy atom. The van der Waals surface area contributed by atoms with Crippen LogP contribution in [0.1, 0.15) is 68.2 Å². The summed E-state index contributed by atoms with van der Waals surface area (Å²) in [7, 11) is -5.76. The van der Waals surface area contributed by atoms with Crippen molar-refractivity contribution >= 4 is 31.0 Å². The molecule has 0 saturated carbocycles. The molecule has 0 aliphatic rings. The van der Waals surface area contributed by atoms with Crippen LogP contribution >= 0.6 is 0 Å². The minimum absolute atomic E-state index is 0.0609. The Balaban J connectivity index is 5.37. The molecule has 1 atom stereocenters. The summed E-state index contributed by atoms with van der Waals surface area (Å²) in [6.45, 7) is 29.9. The van der Waals surface area contributed by atoms with Gasteiger partial charge >= 0.3 is 6.09 Å². The summed E-state index contributed by atoms with van der Waals surface area (Å²) < 4.78 is 14.9. The van der Waals surface area contributed by atoms with Gasteiger partial charge < -0.3 is 13.4 Å². The highest BCUT2D eigenvalue weighted by molar-refractivity contribution is 6.80. The molecule has 0 spiro atoms. The second kappa shape index (κ2) is 11.5. The van der Waals surface area contributed by atoms with Gasteiger partial charge in [0, 0.05) is 12.6 Å². The Kier molecular flexibility index (Phi) is 11.4. The zero-order valence-electron chi connectivity index (χ0n) is 21.8. The van der Waals surface area contributed by atoms with Crippen molar-refractivity contribution < 1.29 is 13.6 Å².